The number of rotatable bonds is 8. The van der Waals surface area contributed by atoms with E-state index in [0.29, 0.717) is 18.4 Å². The van der Waals surface area contributed by atoms with Crippen molar-refractivity contribution in [2.75, 3.05) is 17.7 Å². The molecule has 0 radical (unpaired) electrons. The molecule has 4 nitrogen and oxygen atoms in total. The van der Waals surface area contributed by atoms with E-state index in [2.05, 4.69) is 15.5 Å². The monoisotopic (exact) mass is 325 g/mol. The van der Waals surface area contributed by atoms with Crippen LogP contribution in [0.25, 0.3) is 0 Å². The number of nitrogens with zero attached hydrogens (tertiary/aromatic N) is 2. The lowest BCUT2D eigenvalue weighted by atomic mass is 10.3. The topological polar surface area (TPSA) is 47.0 Å². The van der Waals surface area contributed by atoms with Gasteiger partial charge in [-0.05, 0) is 43.5 Å². The van der Waals surface area contributed by atoms with Crippen LogP contribution in [0.4, 0.5) is 9.52 Å². The summed E-state index contributed by atoms with van der Waals surface area (Å²) in [7, 11) is 0. The number of thioether (sulfide) groups is 1. The molecule has 0 saturated heterocycles. The van der Waals surface area contributed by atoms with Crippen LogP contribution >= 0.6 is 23.1 Å². The first-order valence-corrected chi connectivity index (χ1v) is 8.71. The van der Waals surface area contributed by atoms with E-state index in [1.807, 2.05) is 0 Å². The van der Waals surface area contributed by atoms with Crippen molar-refractivity contribution < 1.29 is 9.13 Å². The lowest BCUT2D eigenvalue weighted by Crippen LogP contribution is -1.99. The molecule has 0 atom stereocenters. The molecule has 0 spiro atoms. The molecule has 0 bridgehead atoms. The smallest absolute Gasteiger partial charge is 0.206 e. The average molecular weight is 325 g/mol. The van der Waals surface area contributed by atoms with Gasteiger partial charge in [0, 0.05) is 11.8 Å². The lowest BCUT2D eigenvalue weighted by Gasteiger charge is -2.04. The van der Waals surface area contributed by atoms with Gasteiger partial charge >= 0.3 is 0 Å². The van der Waals surface area contributed by atoms with E-state index < -0.39 is 0 Å². The third kappa shape index (κ3) is 4.86. The zero-order valence-electron chi connectivity index (χ0n) is 11.4. The van der Waals surface area contributed by atoms with Crippen molar-refractivity contribution in [3.05, 3.63) is 30.1 Å². The van der Waals surface area contributed by atoms with E-state index in [1.165, 1.54) is 25.0 Å². The SMILES string of the molecule is Fc1ccc(OCCCSc2nnc(NC3CC3)s2)cc1. The number of aromatic nitrogens is 2. The summed E-state index contributed by atoms with van der Waals surface area (Å²) in [6.45, 7) is 0.616. The van der Waals surface area contributed by atoms with E-state index in [1.54, 1.807) is 35.2 Å². The zero-order chi connectivity index (χ0) is 14.5. The number of benzene rings is 1. The highest BCUT2D eigenvalue weighted by molar-refractivity contribution is 8.01. The van der Waals surface area contributed by atoms with Gasteiger partial charge < -0.3 is 10.1 Å². The summed E-state index contributed by atoms with van der Waals surface area (Å²) in [5.41, 5.74) is 0. The van der Waals surface area contributed by atoms with Gasteiger partial charge in [-0.3, -0.25) is 0 Å². The van der Waals surface area contributed by atoms with Crippen LogP contribution in [-0.4, -0.2) is 28.6 Å². The summed E-state index contributed by atoms with van der Waals surface area (Å²) < 4.78 is 19.3. The zero-order valence-corrected chi connectivity index (χ0v) is 13.1. The van der Waals surface area contributed by atoms with E-state index in [9.17, 15) is 4.39 Å². The van der Waals surface area contributed by atoms with Crippen LogP contribution in [0.15, 0.2) is 28.6 Å². The van der Waals surface area contributed by atoms with Crippen LogP contribution in [0.1, 0.15) is 19.3 Å². The molecule has 21 heavy (non-hydrogen) atoms. The molecule has 0 unspecified atom stereocenters. The van der Waals surface area contributed by atoms with E-state index in [-0.39, 0.29) is 5.82 Å². The predicted molar refractivity (Wildman–Crippen MR) is 83.8 cm³/mol. The molecular weight excluding hydrogens is 309 g/mol. The molecule has 3 rings (SSSR count). The quantitative estimate of drug-likeness (QED) is 0.591. The second-order valence-electron chi connectivity index (χ2n) is 4.80. The van der Waals surface area contributed by atoms with Gasteiger partial charge in [0.15, 0.2) is 4.34 Å². The summed E-state index contributed by atoms with van der Waals surface area (Å²) >= 11 is 3.30. The average Bonchev–Trinajstić information content (AvgIpc) is 3.18. The molecule has 2 aromatic rings. The molecule has 1 aliphatic rings. The van der Waals surface area contributed by atoms with Crippen LogP contribution in [-0.2, 0) is 0 Å². The largest absolute Gasteiger partial charge is 0.494 e. The summed E-state index contributed by atoms with van der Waals surface area (Å²) in [5.74, 6) is 1.39. The lowest BCUT2D eigenvalue weighted by molar-refractivity contribution is 0.318. The van der Waals surface area contributed by atoms with Crippen molar-refractivity contribution in [1.29, 1.82) is 0 Å². The molecule has 1 heterocycles. The molecule has 7 heteroatoms. The number of anilines is 1. The number of halogens is 1. The van der Waals surface area contributed by atoms with Crippen LogP contribution in [0.5, 0.6) is 5.75 Å². The van der Waals surface area contributed by atoms with Crippen molar-refractivity contribution in [3.8, 4) is 5.75 Å². The van der Waals surface area contributed by atoms with E-state index >= 15 is 0 Å². The van der Waals surface area contributed by atoms with Crippen molar-refractivity contribution >= 4 is 28.2 Å². The van der Waals surface area contributed by atoms with Gasteiger partial charge in [0.2, 0.25) is 5.13 Å². The van der Waals surface area contributed by atoms with Crippen LogP contribution in [0.3, 0.4) is 0 Å². The Hall–Kier alpha value is -1.34. The first kappa shape index (κ1) is 14.6. The van der Waals surface area contributed by atoms with Gasteiger partial charge in [0.05, 0.1) is 6.61 Å². The maximum atomic E-state index is 12.7. The Morgan fingerprint density at radius 3 is 2.86 bits per heavy atom. The number of hydrogen-bond acceptors (Lipinski definition) is 6. The van der Waals surface area contributed by atoms with Crippen molar-refractivity contribution in [3.63, 3.8) is 0 Å². The minimum Gasteiger partial charge on any atom is -0.494 e. The van der Waals surface area contributed by atoms with Crippen molar-refractivity contribution in [1.82, 2.24) is 10.2 Å². The molecule has 0 aliphatic heterocycles. The Kier molecular flexibility index (Phi) is 4.92. The molecule has 1 saturated carbocycles. The highest BCUT2D eigenvalue weighted by Gasteiger charge is 2.22. The van der Waals surface area contributed by atoms with Crippen LogP contribution in [0, 0.1) is 5.82 Å². The summed E-state index contributed by atoms with van der Waals surface area (Å²) in [4.78, 5) is 0. The Labute approximate surface area is 131 Å². The highest BCUT2D eigenvalue weighted by Crippen LogP contribution is 2.30. The number of ether oxygens (including phenoxy) is 1. The number of nitrogens with one attached hydrogen (secondary N) is 1. The summed E-state index contributed by atoms with van der Waals surface area (Å²) in [5, 5.41) is 12.5. The van der Waals surface area contributed by atoms with Gasteiger partial charge in [-0.25, -0.2) is 4.39 Å². The maximum absolute atomic E-state index is 12.7. The highest BCUT2D eigenvalue weighted by atomic mass is 32.2. The predicted octanol–water partition coefficient (Wildman–Crippen LogP) is 3.81. The van der Waals surface area contributed by atoms with Gasteiger partial charge in [0.1, 0.15) is 11.6 Å². The maximum Gasteiger partial charge on any atom is 0.206 e. The summed E-state index contributed by atoms with van der Waals surface area (Å²) in [6, 6.07) is 6.70. The second kappa shape index (κ2) is 7.09. The van der Waals surface area contributed by atoms with E-state index in [4.69, 9.17) is 4.74 Å². The Bertz CT molecular complexity index is 572. The molecule has 112 valence electrons. The van der Waals surface area contributed by atoms with Crippen LogP contribution in [0.2, 0.25) is 0 Å². The number of hydrogen-bond donors (Lipinski definition) is 1. The fourth-order valence-corrected chi connectivity index (χ4v) is 3.48. The van der Waals surface area contributed by atoms with Crippen LogP contribution < -0.4 is 10.1 Å². The molecule has 1 fully saturated rings. The van der Waals surface area contributed by atoms with Gasteiger partial charge in [-0.2, -0.15) is 0 Å². The van der Waals surface area contributed by atoms with E-state index in [0.717, 1.165) is 21.6 Å². The van der Waals surface area contributed by atoms with Gasteiger partial charge in [-0.1, -0.05) is 23.1 Å². The molecule has 1 N–H and O–H groups in total. The Morgan fingerprint density at radius 1 is 1.29 bits per heavy atom. The molecular formula is C14H16FN3OS2. The normalized spacial score (nSPS) is 14.1. The van der Waals surface area contributed by atoms with Crippen molar-refractivity contribution in [2.24, 2.45) is 0 Å². The van der Waals surface area contributed by atoms with Crippen molar-refractivity contribution in [2.45, 2.75) is 29.6 Å². The third-order valence-corrected chi connectivity index (χ3v) is 4.98. The first-order valence-electron chi connectivity index (χ1n) is 6.91. The Morgan fingerprint density at radius 2 is 2.10 bits per heavy atom. The second-order valence-corrected chi connectivity index (χ2v) is 7.12. The molecule has 0 amide bonds. The van der Waals surface area contributed by atoms with Gasteiger partial charge in [0.25, 0.3) is 0 Å². The Balaban J connectivity index is 1.32. The molecule has 1 aromatic heterocycles. The summed E-state index contributed by atoms with van der Waals surface area (Å²) in [6.07, 6.45) is 3.39. The minimum atomic E-state index is -0.246. The molecule has 1 aliphatic carbocycles. The standard InChI is InChI=1S/C14H16FN3OS2/c15-10-2-6-12(7-3-10)19-8-1-9-20-14-18-17-13(21-14)16-11-4-5-11/h2-3,6-7,11H,1,4-5,8-9H2,(H,16,17). The fourth-order valence-electron chi connectivity index (χ4n) is 1.67. The minimum absolute atomic E-state index is 0.246. The third-order valence-electron chi connectivity index (χ3n) is 2.91. The molecule has 1 aromatic carbocycles. The first-order chi connectivity index (χ1) is 10.3. The fraction of sp³-hybridized carbons (Fsp3) is 0.429. The van der Waals surface area contributed by atoms with Gasteiger partial charge in [-0.15, -0.1) is 10.2 Å².